The number of imidazole rings is 1. The molecule has 24 heavy (non-hydrogen) atoms. The number of aromatic nitrogens is 2. The summed E-state index contributed by atoms with van der Waals surface area (Å²) in [5, 5.41) is 3.01. The SMILES string of the molecule is Cc1nccn1CCNC(=O)c1ccccc1CN1CCOCC1. The largest absolute Gasteiger partial charge is 0.379 e. The second-order valence-electron chi connectivity index (χ2n) is 5.97. The molecule has 0 bridgehead atoms. The molecule has 0 saturated carbocycles. The Morgan fingerprint density at radius 3 is 2.83 bits per heavy atom. The summed E-state index contributed by atoms with van der Waals surface area (Å²) in [6.07, 6.45) is 3.70. The third kappa shape index (κ3) is 4.21. The Balaban J connectivity index is 1.58. The van der Waals surface area contributed by atoms with Crippen LogP contribution in [0.15, 0.2) is 36.7 Å². The van der Waals surface area contributed by atoms with Crippen molar-refractivity contribution in [2.75, 3.05) is 32.8 Å². The van der Waals surface area contributed by atoms with Crippen molar-refractivity contribution < 1.29 is 9.53 Å². The van der Waals surface area contributed by atoms with E-state index in [2.05, 4.69) is 15.2 Å². The van der Waals surface area contributed by atoms with Gasteiger partial charge in [-0.1, -0.05) is 18.2 Å². The number of ether oxygens (including phenoxy) is 1. The monoisotopic (exact) mass is 328 g/mol. The highest BCUT2D eigenvalue weighted by Gasteiger charge is 2.15. The molecule has 1 amide bonds. The van der Waals surface area contributed by atoms with E-state index in [0.29, 0.717) is 6.54 Å². The summed E-state index contributed by atoms with van der Waals surface area (Å²) in [4.78, 5) is 19.1. The van der Waals surface area contributed by atoms with Crippen LogP contribution in [0.4, 0.5) is 0 Å². The van der Waals surface area contributed by atoms with Gasteiger partial charge >= 0.3 is 0 Å². The van der Waals surface area contributed by atoms with E-state index in [0.717, 1.165) is 56.3 Å². The first-order valence-corrected chi connectivity index (χ1v) is 8.38. The van der Waals surface area contributed by atoms with Gasteiger partial charge in [-0.25, -0.2) is 4.98 Å². The van der Waals surface area contributed by atoms with Gasteiger partial charge in [0.1, 0.15) is 5.82 Å². The minimum absolute atomic E-state index is 0.0170. The van der Waals surface area contributed by atoms with E-state index in [4.69, 9.17) is 4.74 Å². The second kappa shape index (κ2) is 8.08. The molecule has 1 aliphatic heterocycles. The van der Waals surface area contributed by atoms with Crippen LogP contribution < -0.4 is 5.32 Å². The fourth-order valence-corrected chi connectivity index (χ4v) is 2.91. The van der Waals surface area contributed by atoms with Gasteiger partial charge in [0, 0.05) is 50.7 Å². The predicted molar refractivity (Wildman–Crippen MR) is 91.8 cm³/mol. The number of hydrogen-bond donors (Lipinski definition) is 1. The summed E-state index contributed by atoms with van der Waals surface area (Å²) in [6.45, 7) is 7.40. The molecule has 1 aromatic carbocycles. The molecule has 1 aliphatic rings. The van der Waals surface area contributed by atoms with Gasteiger partial charge in [0.25, 0.3) is 5.91 Å². The third-order valence-electron chi connectivity index (χ3n) is 4.32. The van der Waals surface area contributed by atoms with Gasteiger partial charge in [-0.3, -0.25) is 9.69 Å². The average molecular weight is 328 g/mol. The number of benzene rings is 1. The second-order valence-corrected chi connectivity index (χ2v) is 5.97. The normalized spacial score (nSPS) is 15.4. The summed E-state index contributed by atoms with van der Waals surface area (Å²) < 4.78 is 7.41. The molecule has 0 spiro atoms. The number of hydrogen-bond acceptors (Lipinski definition) is 4. The zero-order valence-electron chi connectivity index (χ0n) is 14.1. The molecule has 1 N–H and O–H groups in total. The summed E-state index contributed by atoms with van der Waals surface area (Å²) in [5.74, 6) is 0.939. The first-order chi connectivity index (χ1) is 11.7. The summed E-state index contributed by atoms with van der Waals surface area (Å²) in [7, 11) is 0. The molecule has 0 unspecified atom stereocenters. The minimum atomic E-state index is -0.0170. The van der Waals surface area contributed by atoms with Crippen molar-refractivity contribution in [3.05, 3.63) is 53.6 Å². The van der Waals surface area contributed by atoms with E-state index in [-0.39, 0.29) is 5.91 Å². The van der Waals surface area contributed by atoms with Crippen molar-refractivity contribution >= 4 is 5.91 Å². The molecule has 0 atom stereocenters. The number of nitrogens with zero attached hydrogens (tertiary/aromatic N) is 3. The van der Waals surface area contributed by atoms with Crippen molar-refractivity contribution in [3.63, 3.8) is 0 Å². The number of carbonyl (C=O) groups excluding carboxylic acids is 1. The molecule has 0 aliphatic carbocycles. The van der Waals surface area contributed by atoms with Crippen LogP contribution in [0.5, 0.6) is 0 Å². The quantitative estimate of drug-likeness (QED) is 0.872. The molecule has 3 rings (SSSR count). The molecule has 2 heterocycles. The summed E-state index contributed by atoms with van der Waals surface area (Å²) in [6, 6.07) is 7.83. The molecule has 1 saturated heterocycles. The van der Waals surface area contributed by atoms with Crippen molar-refractivity contribution in [3.8, 4) is 0 Å². The smallest absolute Gasteiger partial charge is 0.251 e. The van der Waals surface area contributed by atoms with Gasteiger partial charge in [0.2, 0.25) is 0 Å². The van der Waals surface area contributed by atoms with Crippen LogP contribution in [0.3, 0.4) is 0 Å². The van der Waals surface area contributed by atoms with Gasteiger partial charge in [-0.2, -0.15) is 0 Å². The Morgan fingerprint density at radius 2 is 2.08 bits per heavy atom. The van der Waals surface area contributed by atoms with Crippen molar-refractivity contribution in [1.29, 1.82) is 0 Å². The van der Waals surface area contributed by atoms with Gasteiger partial charge in [-0.05, 0) is 18.6 Å². The zero-order valence-corrected chi connectivity index (χ0v) is 14.1. The third-order valence-corrected chi connectivity index (χ3v) is 4.32. The maximum atomic E-state index is 12.5. The maximum Gasteiger partial charge on any atom is 0.251 e. The van der Waals surface area contributed by atoms with Crippen LogP contribution in [-0.4, -0.2) is 53.2 Å². The van der Waals surface area contributed by atoms with Crippen molar-refractivity contribution in [2.45, 2.75) is 20.0 Å². The van der Waals surface area contributed by atoms with Crippen LogP contribution in [0.1, 0.15) is 21.7 Å². The van der Waals surface area contributed by atoms with Gasteiger partial charge in [0.15, 0.2) is 0 Å². The zero-order chi connectivity index (χ0) is 16.8. The van der Waals surface area contributed by atoms with E-state index < -0.39 is 0 Å². The standard InChI is InChI=1S/C18H24N4O2/c1-15-19-6-8-22(15)9-7-20-18(23)17-5-3-2-4-16(17)14-21-10-12-24-13-11-21/h2-6,8H,7,9-14H2,1H3,(H,20,23). The highest BCUT2D eigenvalue weighted by Crippen LogP contribution is 2.13. The van der Waals surface area contributed by atoms with Crippen LogP contribution in [0, 0.1) is 6.92 Å². The first kappa shape index (κ1) is 16.7. The topological polar surface area (TPSA) is 59.4 Å². The lowest BCUT2D eigenvalue weighted by molar-refractivity contribution is 0.0341. The Hall–Kier alpha value is -2.18. The number of morpholine rings is 1. The van der Waals surface area contributed by atoms with Gasteiger partial charge in [-0.15, -0.1) is 0 Å². The van der Waals surface area contributed by atoms with E-state index in [1.54, 1.807) is 6.20 Å². The lowest BCUT2D eigenvalue weighted by atomic mass is 10.1. The lowest BCUT2D eigenvalue weighted by Crippen LogP contribution is -2.36. The summed E-state index contributed by atoms with van der Waals surface area (Å²) >= 11 is 0. The molecule has 6 heteroatoms. The minimum Gasteiger partial charge on any atom is -0.379 e. The summed E-state index contributed by atoms with van der Waals surface area (Å²) in [5.41, 5.74) is 1.82. The van der Waals surface area contributed by atoms with Crippen LogP contribution in [0.25, 0.3) is 0 Å². The molecule has 1 aromatic heterocycles. The highest BCUT2D eigenvalue weighted by atomic mass is 16.5. The van der Waals surface area contributed by atoms with Crippen molar-refractivity contribution in [1.82, 2.24) is 19.8 Å². The van der Waals surface area contributed by atoms with Crippen LogP contribution in [0.2, 0.25) is 0 Å². The Kier molecular flexibility index (Phi) is 5.61. The number of aryl methyl sites for hydroxylation is 1. The fourth-order valence-electron chi connectivity index (χ4n) is 2.91. The first-order valence-electron chi connectivity index (χ1n) is 8.38. The number of rotatable bonds is 6. The van der Waals surface area contributed by atoms with Crippen molar-refractivity contribution in [2.24, 2.45) is 0 Å². The van der Waals surface area contributed by atoms with Gasteiger partial charge < -0.3 is 14.6 Å². The average Bonchev–Trinajstić information content (AvgIpc) is 3.01. The number of nitrogens with one attached hydrogen (secondary N) is 1. The molecule has 0 radical (unpaired) electrons. The predicted octanol–water partition coefficient (Wildman–Crippen LogP) is 1.45. The van der Waals surface area contributed by atoms with Gasteiger partial charge in [0.05, 0.1) is 13.2 Å². The Morgan fingerprint density at radius 1 is 1.29 bits per heavy atom. The number of amides is 1. The van der Waals surface area contributed by atoms with E-state index in [1.165, 1.54) is 0 Å². The van der Waals surface area contributed by atoms with E-state index >= 15 is 0 Å². The molecular weight excluding hydrogens is 304 g/mol. The Bertz CT molecular complexity index is 677. The lowest BCUT2D eigenvalue weighted by Gasteiger charge is -2.27. The molecular formula is C18H24N4O2. The van der Waals surface area contributed by atoms with E-state index in [9.17, 15) is 4.79 Å². The number of carbonyl (C=O) groups is 1. The highest BCUT2D eigenvalue weighted by molar-refractivity contribution is 5.95. The van der Waals surface area contributed by atoms with E-state index in [1.807, 2.05) is 42.0 Å². The fraction of sp³-hybridized carbons (Fsp3) is 0.444. The molecule has 6 nitrogen and oxygen atoms in total. The molecule has 2 aromatic rings. The van der Waals surface area contributed by atoms with Crippen LogP contribution >= 0.6 is 0 Å². The van der Waals surface area contributed by atoms with Crippen LogP contribution in [-0.2, 0) is 17.8 Å². The Labute approximate surface area is 142 Å². The molecule has 128 valence electrons. The molecule has 1 fully saturated rings. The maximum absolute atomic E-state index is 12.5.